The first-order chi connectivity index (χ1) is 9.52. The number of ether oxygens (including phenoxy) is 1. The van der Waals surface area contributed by atoms with Gasteiger partial charge in [-0.05, 0) is 19.4 Å². The smallest absolute Gasteiger partial charge is 0.407 e. The second-order valence-electron chi connectivity index (χ2n) is 4.92. The molecule has 1 heterocycles. The Hall–Kier alpha value is -1.82. The van der Waals surface area contributed by atoms with Crippen LogP contribution < -0.4 is 10.2 Å². The number of nitrogens with zero attached hydrogens (tertiary/aromatic N) is 1. The summed E-state index contributed by atoms with van der Waals surface area (Å²) in [6.45, 7) is 2.73. The number of hydrogen-bond acceptors (Lipinski definition) is 4. The van der Waals surface area contributed by atoms with Crippen molar-refractivity contribution in [3.63, 3.8) is 0 Å². The second-order valence-corrected chi connectivity index (χ2v) is 4.92. The van der Waals surface area contributed by atoms with Crippen molar-refractivity contribution in [3.8, 4) is 0 Å². The largest absolute Gasteiger partial charge is 0.453 e. The first-order valence-electron chi connectivity index (χ1n) is 6.58. The van der Waals surface area contributed by atoms with E-state index in [9.17, 15) is 14.3 Å². The monoisotopic (exact) mass is 282 g/mol. The molecule has 1 saturated heterocycles. The first kappa shape index (κ1) is 14.6. The zero-order chi connectivity index (χ0) is 14.7. The summed E-state index contributed by atoms with van der Waals surface area (Å²) in [5.41, 5.74) is 0.973. The van der Waals surface area contributed by atoms with Crippen molar-refractivity contribution >= 4 is 11.8 Å². The molecule has 110 valence electrons. The van der Waals surface area contributed by atoms with E-state index in [0.29, 0.717) is 30.8 Å². The van der Waals surface area contributed by atoms with Crippen LogP contribution in [0.5, 0.6) is 0 Å². The lowest BCUT2D eigenvalue weighted by atomic mass is 10.1. The Balaban J connectivity index is 2.16. The van der Waals surface area contributed by atoms with Crippen molar-refractivity contribution in [3.05, 3.63) is 29.6 Å². The zero-order valence-corrected chi connectivity index (χ0v) is 11.6. The zero-order valence-electron chi connectivity index (χ0n) is 11.6. The van der Waals surface area contributed by atoms with Crippen molar-refractivity contribution in [2.24, 2.45) is 0 Å². The van der Waals surface area contributed by atoms with Crippen molar-refractivity contribution in [1.29, 1.82) is 0 Å². The van der Waals surface area contributed by atoms with E-state index in [4.69, 9.17) is 0 Å². The van der Waals surface area contributed by atoms with Gasteiger partial charge in [0, 0.05) is 18.7 Å². The molecule has 6 heteroatoms. The van der Waals surface area contributed by atoms with Crippen molar-refractivity contribution in [2.75, 3.05) is 25.1 Å². The molecule has 2 rings (SSSR count). The Morgan fingerprint density at radius 1 is 1.60 bits per heavy atom. The summed E-state index contributed by atoms with van der Waals surface area (Å²) in [5, 5.41) is 12.5. The predicted octanol–water partition coefficient (Wildman–Crippen LogP) is 1.81. The van der Waals surface area contributed by atoms with E-state index in [0.717, 1.165) is 0 Å². The highest BCUT2D eigenvalue weighted by atomic mass is 19.1. The van der Waals surface area contributed by atoms with E-state index in [1.807, 2.05) is 4.90 Å². The van der Waals surface area contributed by atoms with E-state index in [1.165, 1.54) is 13.2 Å². The molecule has 2 N–H and O–H groups in total. The van der Waals surface area contributed by atoms with Gasteiger partial charge in [-0.1, -0.05) is 12.1 Å². The van der Waals surface area contributed by atoms with Crippen molar-refractivity contribution in [2.45, 2.75) is 25.5 Å². The lowest BCUT2D eigenvalue weighted by Gasteiger charge is -2.24. The summed E-state index contributed by atoms with van der Waals surface area (Å²) in [5.74, 6) is -0.359. The summed E-state index contributed by atoms with van der Waals surface area (Å²) in [6.07, 6.45) is -0.516. The average Bonchev–Trinajstić information content (AvgIpc) is 2.86. The number of methoxy groups -OCH3 is 1. The third kappa shape index (κ3) is 3.01. The molecular formula is C14H19FN2O3. The molecule has 1 aromatic rings. The summed E-state index contributed by atoms with van der Waals surface area (Å²) in [6, 6.07) is 4.59. The molecule has 1 fully saturated rings. The van der Waals surface area contributed by atoms with Crippen molar-refractivity contribution < 1.29 is 19.0 Å². The molecule has 0 bridgehead atoms. The lowest BCUT2D eigenvalue weighted by Crippen LogP contribution is -2.37. The van der Waals surface area contributed by atoms with Crippen LogP contribution in [0, 0.1) is 5.82 Å². The number of rotatable bonds is 3. The van der Waals surface area contributed by atoms with Crippen molar-refractivity contribution in [1.82, 2.24) is 5.32 Å². The number of benzene rings is 1. The normalized spacial score (nSPS) is 19.8. The van der Waals surface area contributed by atoms with E-state index >= 15 is 0 Å². The minimum Gasteiger partial charge on any atom is -0.453 e. The first-order valence-corrected chi connectivity index (χ1v) is 6.58. The van der Waals surface area contributed by atoms with Gasteiger partial charge in [0.15, 0.2) is 0 Å². The van der Waals surface area contributed by atoms with Gasteiger partial charge in [-0.3, -0.25) is 0 Å². The number of alkyl carbamates (subject to hydrolysis) is 1. The number of anilines is 1. The summed E-state index contributed by atoms with van der Waals surface area (Å²) < 4.78 is 18.6. The lowest BCUT2D eigenvalue weighted by molar-refractivity contribution is 0.167. The minimum absolute atomic E-state index is 0.0797. The highest BCUT2D eigenvalue weighted by Gasteiger charge is 2.28. The fourth-order valence-corrected chi connectivity index (χ4v) is 2.51. The van der Waals surface area contributed by atoms with Crippen LogP contribution in [0.15, 0.2) is 18.2 Å². The van der Waals surface area contributed by atoms with Gasteiger partial charge in [0.2, 0.25) is 0 Å². The van der Waals surface area contributed by atoms with Gasteiger partial charge in [0.25, 0.3) is 0 Å². The van der Waals surface area contributed by atoms with Crippen LogP contribution in [0.1, 0.15) is 25.0 Å². The van der Waals surface area contributed by atoms with Crippen LogP contribution in [-0.4, -0.2) is 37.4 Å². The fraction of sp³-hybridized carbons (Fsp3) is 0.500. The number of nitrogens with one attached hydrogen (secondary N) is 1. The minimum atomic E-state index is -0.742. The number of para-hydroxylation sites is 1. The molecule has 20 heavy (non-hydrogen) atoms. The molecule has 1 aliphatic rings. The molecule has 0 aromatic heterocycles. The van der Waals surface area contributed by atoms with Gasteiger partial charge in [-0.15, -0.1) is 0 Å². The van der Waals surface area contributed by atoms with Gasteiger partial charge >= 0.3 is 6.09 Å². The quantitative estimate of drug-likeness (QED) is 0.887. The number of aliphatic hydroxyl groups is 1. The van der Waals surface area contributed by atoms with Crippen LogP contribution in [0.3, 0.4) is 0 Å². The maximum Gasteiger partial charge on any atom is 0.407 e. The van der Waals surface area contributed by atoms with E-state index in [2.05, 4.69) is 10.1 Å². The average molecular weight is 282 g/mol. The van der Waals surface area contributed by atoms with Gasteiger partial charge in [-0.25, -0.2) is 9.18 Å². The third-order valence-electron chi connectivity index (χ3n) is 3.48. The molecule has 1 aromatic carbocycles. The van der Waals surface area contributed by atoms with E-state index < -0.39 is 12.2 Å². The number of carbonyl (C=O) groups is 1. The Morgan fingerprint density at radius 2 is 2.35 bits per heavy atom. The van der Waals surface area contributed by atoms with Crippen LogP contribution in [0.4, 0.5) is 14.9 Å². The molecule has 0 radical (unpaired) electrons. The molecule has 1 aliphatic heterocycles. The summed E-state index contributed by atoms with van der Waals surface area (Å²) in [4.78, 5) is 13.0. The molecule has 2 atom stereocenters. The SMILES string of the molecule is COC(=O)NC1CCN(c2c(F)cccc2[C@@H](C)O)C1. The van der Waals surface area contributed by atoms with Gasteiger partial charge < -0.3 is 20.1 Å². The van der Waals surface area contributed by atoms with E-state index in [1.54, 1.807) is 19.1 Å². The summed E-state index contributed by atoms with van der Waals surface area (Å²) >= 11 is 0. The predicted molar refractivity (Wildman–Crippen MR) is 73.2 cm³/mol. The van der Waals surface area contributed by atoms with Crippen LogP contribution in [-0.2, 0) is 4.74 Å². The molecule has 5 nitrogen and oxygen atoms in total. The second kappa shape index (κ2) is 6.09. The standard InChI is InChI=1S/C14H19FN2O3/c1-9(18)11-4-3-5-12(15)13(11)17-7-6-10(8-17)16-14(19)20-2/h3-5,9-10,18H,6-8H2,1-2H3,(H,16,19)/t9-,10?/m1/s1. The number of amides is 1. The topological polar surface area (TPSA) is 61.8 Å². The third-order valence-corrected chi connectivity index (χ3v) is 3.48. The maximum atomic E-state index is 14.1. The van der Waals surface area contributed by atoms with Crippen LogP contribution >= 0.6 is 0 Å². The van der Waals surface area contributed by atoms with Gasteiger partial charge in [0.05, 0.1) is 24.9 Å². The number of aliphatic hydroxyl groups excluding tert-OH is 1. The van der Waals surface area contributed by atoms with Crippen LogP contribution in [0.2, 0.25) is 0 Å². The Bertz CT molecular complexity index is 493. The van der Waals surface area contributed by atoms with Crippen LogP contribution in [0.25, 0.3) is 0 Å². The molecular weight excluding hydrogens is 263 g/mol. The van der Waals surface area contributed by atoms with Gasteiger partial charge in [-0.2, -0.15) is 0 Å². The summed E-state index contributed by atoms with van der Waals surface area (Å²) in [7, 11) is 1.31. The highest BCUT2D eigenvalue weighted by molar-refractivity contribution is 5.68. The number of carbonyl (C=O) groups excluding carboxylic acids is 1. The van der Waals surface area contributed by atoms with E-state index in [-0.39, 0.29) is 11.9 Å². The maximum absolute atomic E-state index is 14.1. The fourth-order valence-electron chi connectivity index (χ4n) is 2.51. The molecule has 0 spiro atoms. The Labute approximate surface area is 117 Å². The number of hydrogen-bond donors (Lipinski definition) is 2. The number of halogens is 1. The molecule has 0 saturated carbocycles. The van der Waals surface area contributed by atoms with Gasteiger partial charge in [0.1, 0.15) is 5.82 Å². The Kier molecular flexibility index (Phi) is 4.44. The molecule has 1 unspecified atom stereocenters. The highest BCUT2D eigenvalue weighted by Crippen LogP contribution is 2.31. The Morgan fingerprint density at radius 3 is 3.00 bits per heavy atom. The molecule has 1 amide bonds. The molecule has 0 aliphatic carbocycles.